The monoisotopic (exact) mass is 463 g/mol. The Balaban J connectivity index is 1.24. The van der Waals surface area contributed by atoms with Crippen LogP contribution in [0.25, 0.3) is 11.1 Å². The molecule has 3 atom stereocenters. The van der Waals surface area contributed by atoms with Gasteiger partial charge in [-0.1, -0.05) is 103 Å². The Morgan fingerprint density at radius 3 is 1.80 bits per heavy atom. The topological polar surface area (TPSA) is 58.6 Å². The van der Waals surface area contributed by atoms with E-state index in [0.29, 0.717) is 12.8 Å². The second kappa shape index (κ2) is 10.6. The van der Waals surface area contributed by atoms with Gasteiger partial charge in [0.15, 0.2) is 0 Å². The van der Waals surface area contributed by atoms with E-state index < -0.39 is 12.0 Å². The van der Waals surface area contributed by atoms with Gasteiger partial charge in [-0.2, -0.15) is 0 Å². The highest BCUT2D eigenvalue weighted by Crippen LogP contribution is 2.30. The van der Waals surface area contributed by atoms with Crippen LogP contribution in [-0.2, 0) is 4.79 Å². The first kappa shape index (κ1) is 22.9. The predicted molar refractivity (Wildman–Crippen MR) is 138 cm³/mol. The van der Waals surface area contributed by atoms with Gasteiger partial charge in [0, 0.05) is 12.8 Å². The van der Waals surface area contributed by atoms with Crippen LogP contribution < -0.4 is 10.1 Å². The van der Waals surface area contributed by atoms with Crippen LogP contribution in [-0.4, -0.2) is 29.3 Å². The first-order valence-corrected chi connectivity index (χ1v) is 12.1. The van der Waals surface area contributed by atoms with Gasteiger partial charge in [0.25, 0.3) is 0 Å². The first-order chi connectivity index (χ1) is 17.2. The maximum absolute atomic E-state index is 13.4. The third-order valence-corrected chi connectivity index (χ3v) is 6.61. The number of benzene rings is 4. The first-order valence-electron chi connectivity index (χ1n) is 12.1. The summed E-state index contributed by atoms with van der Waals surface area (Å²) in [5.41, 5.74) is 4.14. The molecule has 0 bridgehead atoms. The third-order valence-electron chi connectivity index (χ3n) is 6.61. The van der Waals surface area contributed by atoms with Gasteiger partial charge in [0.05, 0.1) is 18.1 Å². The standard InChI is InChI=1S/C31H29NO3/c33-29-21-27(35-26-18-16-23(17-19-26)22-10-4-1-5-11-22)20-28(29)32-31(34)30(24-12-6-2-7-13-24)25-14-8-3-9-15-25/h1-19,27-30,33H,20-21H2,(H,32,34)/t27-,28-,29-/m0/s1. The van der Waals surface area contributed by atoms with Crippen molar-refractivity contribution in [3.8, 4) is 16.9 Å². The summed E-state index contributed by atoms with van der Waals surface area (Å²) in [6, 6.07) is 37.4. The molecule has 5 rings (SSSR count). The second-order valence-electron chi connectivity index (χ2n) is 9.04. The van der Waals surface area contributed by atoms with E-state index in [1.165, 1.54) is 0 Å². The Morgan fingerprint density at radius 2 is 1.23 bits per heavy atom. The number of aliphatic hydroxyl groups excluding tert-OH is 1. The van der Waals surface area contributed by atoms with Gasteiger partial charge in [0.2, 0.25) is 5.91 Å². The molecule has 4 heteroatoms. The molecule has 1 aliphatic rings. The van der Waals surface area contributed by atoms with Crippen LogP contribution in [0.3, 0.4) is 0 Å². The predicted octanol–water partition coefficient (Wildman–Crippen LogP) is 5.57. The molecule has 1 amide bonds. The Morgan fingerprint density at radius 1 is 0.714 bits per heavy atom. The summed E-state index contributed by atoms with van der Waals surface area (Å²) >= 11 is 0. The average molecular weight is 464 g/mol. The van der Waals surface area contributed by atoms with Gasteiger partial charge in [-0.15, -0.1) is 0 Å². The number of nitrogens with one attached hydrogen (secondary N) is 1. The van der Waals surface area contributed by atoms with Crippen LogP contribution in [0.2, 0.25) is 0 Å². The van der Waals surface area contributed by atoms with Gasteiger partial charge in [-0.05, 0) is 34.4 Å². The number of amides is 1. The Bertz CT molecular complexity index is 1190. The van der Waals surface area contributed by atoms with Gasteiger partial charge < -0.3 is 15.2 Å². The Kier molecular flexibility index (Phi) is 6.92. The molecule has 0 spiro atoms. The third kappa shape index (κ3) is 5.44. The van der Waals surface area contributed by atoms with E-state index in [1.54, 1.807) is 0 Å². The molecule has 1 aliphatic carbocycles. The fraction of sp³-hybridized carbons (Fsp3) is 0.194. The molecule has 4 aromatic carbocycles. The molecule has 0 aliphatic heterocycles. The zero-order chi connectivity index (χ0) is 24.0. The van der Waals surface area contributed by atoms with Crippen molar-refractivity contribution in [2.24, 2.45) is 0 Å². The van der Waals surface area contributed by atoms with Crippen LogP contribution in [0, 0.1) is 0 Å². The zero-order valence-corrected chi connectivity index (χ0v) is 19.5. The highest BCUT2D eigenvalue weighted by molar-refractivity contribution is 5.87. The molecular weight excluding hydrogens is 434 g/mol. The van der Waals surface area contributed by atoms with Crippen molar-refractivity contribution in [2.45, 2.75) is 37.0 Å². The van der Waals surface area contributed by atoms with E-state index in [0.717, 1.165) is 28.0 Å². The smallest absolute Gasteiger partial charge is 0.232 e. The van der Waals surface area contributed by atoms with Crippen molar-refractivity contribution in [3.05, 3.63) is 126 Å². The van der Waals surface area contributed by atoms with Gasteiger partial charge in [0.1, 0.15) is 11.9 Å². The van der Waals surface area contributed by atoms with Crippen molar-refractivity contribution in [1.29, 1.82) is 0 Å². The summed E-state index contributed by atoms with van der Waals surface area (Å²) in [6.07, 6.45) is 0.223. The maximum Gasteiger partial charge on any atom is 0.232 e. The average Bonchev–Trinajstić information content (AvgIpc) is 3.24. The Labute approximate surface area is 206 Å². The van der Waals surface area contributed by atoms with E-state index in [4.69, 9.17) is 4.74 Å². The molecule has 1 saturated carbocycles. The molecule has 176 valence electrons. The number of hydrogen-bond donors (Lipinski definition) is 2. The van der Waals surface area contributed by atoms with E-state index in [9.17, 15) is 9.90 Å². The minimum absolute atomic E-state index is 0.112. The largest absolute Gasteiger partial charge is 0.490 e. The lowest BCUT2D eigenvalue weighted by atomic mass is 9.90. The van der Waals surface area contributed by atoms with E-state index in [-0.39, 0.29) is 18.1 Å². The fourth-order valence-electron chi connectivity index (χ4n) is 4.82. The molecule has 0 radical (unpaired) electrons. The normalized spacial score (nSPS) is 19.4. The lowest BCUT2D eigenvalue weighted by molar-refractivity contribution is -0.123. The summed E-state index contributed by atoms with van der Waals surface area (Å²) in [4.78, 5) is 13.4. The molecule has 0 heterocycles. The summed E-state index contributed by atoms with van der Waals surface area (Å²) in [5.74, 6) is 0.217. The van der Waals surface area contributed by atoms with Gasteiger partial charge in [-0.3, -0.25) is 4.79 Å². The molecule has 1 fully saturated rings. The Hall–Kier alpha value is -3.89. The summed E-state index contributed by atoms with van der Waals surface area (Å²) < 4.78 is 6.17. The highest BCUT2D eigenvalue weighted by Gasteiger charge is 2.37. The summed E-state index contributed by atoms with van der Waals surface area (Å²) in [5, 5.41) is 13.8. The molecule has 0 unspecified atom stereocenters. The quantitative estimate of drug-likeness (QED) is 0.377. The number of ether oxygens (including phenoxy) is 1. The summed E-state index contributed by atoms with van der Waals surface area (Å²) in [6.45, 7) is 0. The van der Waals surface area contributed by atoms with Crippen molar-refractivity contribution >= 4 is 5.91 Å². The fourth-order valence-corrected chi connectivity index (χ4v) is 4.82. The van der Waals surface area contributed by atoms with Gasteiger partial charge in [-0.25, -0.2) is 0 Å². The minimum atomic E-state index is -0.653. The lowest BCUT2D eigenvalue weighted by Crippen LogP contribution is -2.42. The minimum Gasteiger partial charge on any atom is -0.490 e. The van der Waals surface area contributed by atoms with Crippen LogP contribution >= 0.6 is 0 Å². The SMILES string of the molecule is O=C(N[C@H]1C[C@H](Oc2ccc(-c3ccccc3)cc2)C[C@@H]1O)C(c1ccccc1)c1ccccc1. The van der Waals surface area contributed by atoms with Crippen molar-refractivity contribution < 1.29 is 14.6 Å². The molecule has 35 heavy (non-hydrogen) atoms. The zero-order valence-electron chi connectivity index (χ0n) is 19.5. The van der Waals surface area contributed by atoms with Crippen molar-refractivity contribution in [1.82, 2.24) is 5.32 Å². The van der Waals surface area contributed by atoms with E-state index >= 15 is 0 Å². The van der Waals surface area contributed by atoms with Crippen molar-refractivity contribution in [2.75, 3.05) is 0 Å². The van der Waals surface area contributed by atoms with Gasteiger partial charge >= 0.3 is 0 Å². The molecule has 0 saturated heterocycles. The molecule has 4 aromatic rings. The van der Waals surface area contributed by atoms with E-state index in [2.05, 4.69) is 17.4 Å². The van der Waals surface area contributed by atoms with E-state index in [1.807, 2.05) is 103 Å². The lowest BCUT2D eigenvalue weighted by Gasteiger charge is -2.22. The maximum atomic E-state index is 13.4. The van der Waals surface area contributed by atoms with Crippen LogP contribution in [0.15, 0.2) is 115 Å². The number of hydrogen-bond acceptors (Lipinski definition) is 3. The number of carbonyl (C=O) groups excluding carboxylic acids is 1. The van der Waals surface area contributed by atoms with Crippen LogP contribution in [0.1, 0.15) is 29.9 Å². The molecule has 0 aromatic heterocycles. The van der Waals surface area contributed by atoms with Crippen LogP contribution in [0.5, 0.6) is 5.75 Å². The molecule has 4 nitrogen and oxygen atoms in total. The summed E-state index contributed by atoms with van der Waals surface area (Å²) in [7, 11) is 0. The number of aliphatic hydroxyl groups is 1. The molecular formula is C31H29NO3. The number of rotatable bonds is 7. The van der Waals surface area contributed by atoms with Crippen LogP contribution in [0.4, 0.5) is 0 Å². The highest BCUT2D eigenvalue weighted by atomic mass is 16.5. The number of carbonyl (C=O) groups is 1. The van der Waals surface area contributed by atoms with Crippen molar-refractivity contribution in [3.63, 3.8) is 0 Å². The second-order valence-corrected chi connectivity index (χ2v) is 9.04. The molecule has 2 N–H and O–H groups in total.